The molecule has 2 amide bonds. The number of nitrogens with zero attached hydrogens (tertiary/aromatic N) is 1. The van der Waals surface area contributed by atoms with Gasteiger partial charge in [-0.3, -0.25) is 9.59 Å². The van der Waals surface area contributed by atoms with E-state index in [0.717, 1.165) is 0 Å². The van der Waals surface area contributed by atoms with E-state index in [1.807, 2.05) is 13.8 Å². The molecule has 5 nitrogen and oxygen atoms in total. The Bertz CT molecular complexity index is 327. The summed E-state index contributed by atoms with van der Waals surface area (Å²) >= 11 is 4.87. The number of primary amides is 1. The van der Waals surface area contributed by atoms with Crippen LogP contribution in [-0.2, 0) is 9.59 Å². The summed E-state index contributed by atoms with van der Waals surface area (Å²) in [6.45, 7) is 7.54. The Labute approximate surface area is 108 Å². The fourth-order valence-corrected chi connectivity index (χ4v) is 1.44. The lowest BCUT2D eigenvalue weighted by molar-refractivity contribution is -0.140. The average Bonchev–Trinajstić information content (AvgIpc) is 2.13. The highest BCUT2D eigenvalue weighted by Gasteiger charge is 2.35. The molecule has 0 fully saturated rings. The zero-order valence-corrected chi connectivity index (χ0v) is 11.6. The molecule has 0 unspecified atom stereocenters. The fourth-order valence-electron chi connectivity index (χ4n) is 1.35. The molecule has 0 aromatic carbocycles. The van der Waals surface area contributed by atoms with Crippen molar-refractivity contribution in [2.45, 2.75) is 27.7 Å². The summed E-state index contributed by atoms with van der Waals surface area (Å²) in [5.74, 6) is -0.573. The molecule has 0 spiro atoms. The first-order chi connectivity index (χ1) is 7.59. The van der Waals surface area contributed by atoms with Gasteiger partial charge in [-0.25, -0.2) is 0 Å². The lowest BCUT2D eigenvalue weighted by Gasteiger charge is -2.31. The SMILES string of the molecule is CC(C)CN(CC(N)=O)C(=O)C(C)(C)C(N)=S. The zero-order chi connectivity index (χ0) is 13.8. The first kappa shape index (κ1) is 15.8. The van der Waals surface area contributed by atoms with Gasteiger partial charge >= 0.3 is 0 Å². The van der Waals surface area contributed by atoms with E-state index in [0.29, 0.717) is 6.54 Å². The van der Waals surface area contributed by atoms with Gasteiger partial charge in [-0.1, -0.05) is 26.1 Å². The van der Waals surface area contributed by atoms with E-state index in [1.54, 1.807) is 13.8 Å². The molecule has 4 N–H and O–H groups in total. The van der Waals surface area contributed by atoms with Crippen LogP contribution >= 0.6 is 12.2 Å². The minimum absolute atomic E-state index is 0.108. The van der Waals surface area contributed by atoms with Crippen LogP contribution in [0.25, 0.3) is 0 Å². The van der Waals surface area contributed by atoms with Gasteiger partial charge < -0.3 is 16.4 Å². The second-order valence-corrected chi connectivity index (χ2v) is 5.47. The van der Waals surface area contributed by atoms with Crippen molar-refractivity contribution in [1.29, 1.82) is 0 Å². The van der Waals surface area contributed by atoms with E-state index in [1.165, 1.54) is 4.90 Å². The molecule has 0 bridgehead atoms. The molecule has 0 aromatic rings. The monoisotopic (exact) mass is 259 g/mol. The molecule has 0 aliphatic carbocycles. The third-order valence-electron chi connectivity index (χ3n) is 2.37. The van der Waals surface area contributed by atoms with E-state index < -0.39 is 11.3 Å². The molecule has 0 heterocycles. The first-order valence-corrected chi connectivity index (χ1v) is 5.87. The molecular weight excluding hydrogens is 238 g/mol. The average molecular weight is 259 g/mol. The smallest absolute Gasteiger partial charge is 0.237 e. The summed E-state index contributed by atoms with van der Waals surface area (Å²) in [6.07, 6.45) is 0. The van der Waals surface area contributed by atoms with E-state index in [9.17, 15) is 9.59 Å². The van der Waals surface area contributed by atoms with Gasteiger partial charge in [-0.05, 0) is 19.8 Å². The largest absolute Gasteiger partial charge is 0.392 e. The van der Waals surface area contributed by atoms with Gasteiger partial charge in [0.2, 0.25) is 11.8 Å². The van der Waals surface area contributed by atoms with Crippen LogP contribution in [0.2, 0.25) is 0 Å². The lowest BCUT2D eigenvalue weighted by Crippen LogP contribution is -2.50. The Kier molecular flexibility index (Phi) is 5.54. The van der Waals surface area contributed by atoms with Crippen LogP contribution in [0.1, 0.15) is 27.7 Å². The second-order valence-electron chi connectivity index (χ2n) is 5.04. The molecule has 0 saturated carbocycles. The quantitative estimate of drug-likeness (QED) is 0.670. The first-order valence-electron chi connectivity index (χ1n) is 5.46. The molecule has 0 aliphatic rings. The minimum Gasteiger partial charge on any atom is -0.392 e. The van der Waals surface area contributed by atoms with Crippen molar-refractivity contribution in [1.82, 2.24) is 4.90 Å². The Hall–Kier alpha value is -1.17. The highest BCUT2D eigenvalue weighted by atomic mass is 32.1. The summed E-state index contributed by atoms with van der Waals surface area (Å²) < 4.78 is 0. The van der Waals surface area contributed by atoms with Crippen molar-refractivity contribution in [3.05, 3.63) is 0 Å². The van der Waals surface area contributed by atoms with Crippen LogP contribution in [-0.4, -0.2) is 34.8 Å². The van der Waals surface area contributed by atoms with Gasteiger partial charge in [-0.15, -0.1) is 0 Å². The highest BCUT2D eigenvalue weighted by Crippen LogP contribution is 2.20. The molecular formula is C11H21N3O2S. The Morgan fingerprint density at radius 1 is 1.29 bits per heavy atom. The summed E-state index contributed by atoms with van der Waals surface area (Å²) in [7, 11) is 0. The Morgan fingerprint density at radius 2 is 1.76 bits per heavy atom. The Morgan fingerprint density at radius 3 is 2.06 bits per heavy atom. The zero-order valence-electron chi connectivity index (χ0n) is 10.8. The number of carbonyl (C=O) groups excluding carboxylic acids is 2. The summed E-state index contributed by atoms with van der Waals surface area (Å²) in [5.41, 5.74) is 9.71. The molecule has 0 aromatic heterocycles. The maximum Gasteiger partial charge on any atom is 0.237 e. The summed E-state index contributed by atoms with van der Waals surface area (Å²) in [5, 5.41) is 0. The van der Waals surface area contributed by atoms with Crippen LogP contribution in [0, 0.1) is 11.3 Å². The van der Waals surface area contributed by atoms with Crippen molar-refractivity contribution in [3.63, 3.8) is 0 Å². The van der Waals surface area contributed by atoms with Gasteiger partial charge in [0.25, 0.3) is 0 Å². The van der Waals surface area contributed by atoms with Crippen LogP contribution < -0.4 is 11.5 Å². The number of hydrogen-bond acceptors (Lipinski definition) is 3. The predicted molar refractivity (Wildman–Crippen MR) is 71.2 cm³/mol. The van der Waals surface area contributed by atoms with Crippen molar-refractivity contribution in [3.8, 4) is 0 Å². The van der Waals surface area contributed by atoms with E-state index in [-0.39, 0.29) is 23.4 Å². The molecule has 98 valence electrons. The van der Waals surface area contributed by atoms with Gasteiger partial charge in [0.15, 0.2) is 0 Å². The molecule has 0 aliphatic heterocycles. The number of hydrogen-bond donors (Lipinski definition) is 2. The van der Waals surface area contributed by atoms with E-state index >= 15 is 0 Å². The third-order valence-corrected chi connectivity index (χ3v) is 2.88. The maximum atomic E-state index is 12.2. The summed E-state index contributed by atoms with van der Waals surface area (Å²) in [6, 6.07) is 0. The standard InChI is InChI=1S/C11H21N3O2S/c1-7(2)5-14(6-8(12)15)10(16)11(3,4)9(13)17/h7H,5-6H2,1-4H3,(H2,12,15)(H2,13,17). The van der Waals surface area contributed by atoms with Crippen LogP contribution in [0.5, 0.6) is 0 Å². The van der Waals surface area contributed by atoms with Gasteiger partial charge in [0, 0.05) is 6.54 Å². The van der Waals surface area contributed by atoms with E-state index in [2.05, 4.69) is 0 Å². The Balaban J connectivity index is 4.98. The number of carbonyl (C=O) groups is 2. The maximum absolute atomic E-state index is 12.2. The number of amides is 2. The molecule has 6 heteroatoms. The summed E-state index contributed by atoms with van der Waals surface area (Å²) in [4.78, 5) is 24.7. The molecule has 0 rings (SSSR count). The lowest BCUT2D eigenvalue weighted by atomic mass is 9.91. The second kappa shape index (κ2) is 5.95. The van der Waals surface area contributed by atoms with Gasteiger partial charge in [0.05, 0.1) is 16.9 Å². The molecule has 0 saturated heterocycles. The van der Waals surface area contributed by atoms with Crippen LogP contribution in [0.3, 0.4) is 0 Å². The van der Waals surface area contributed by atoms with Crippen molar-refractivity contribution >= 4 is 29.0 Å². The van der Waals surface area contributed by atoms with Crippen molar-refractivity contribution < 1.29 is 9.59 Å². The molecule has 17 heavy (non-hydrogen) atoms. The van der Waals surface area contributed by atoms with Crippen LogP contribution in [0.4, 0.5) is 0 Å². The topological polar surface area (TPSA) is 89.4 Å². The molecule has 0 atom stereocenters. The number of rotatable bonds is 6. The molecule has 0 radical (unpaired) electrons. The van der Waals surface area contributed by atoms with E-state index in [4.69, 9.17) is 23.7 Å². The minimum atomic E-state index is -0.959. The van der Waals surface area contributed by atoms with Crippen molar-refractivity contribution in [2.24, 2.45) is 22.8 Å². The van der Waals surface area contributed by atoms with Gasteiger partial charge in [-0.2, -0.15) is 0 Å². The highest BCUT2D eigenvalue weighted by molar-refractivity contribution is 7.80. The number of thiocarbonyl (C=S) groups is 1. The van der Waals surface area contributed by atoms with Crippen molar-refractivity contribution in [2.75, 3.05) is 13.1 Å². The normalized spacial score (nSPS) is 11.4. The van der Waals surface area contributed by atoms with Gasteiger partial charge in [0.1, 0.15) is 0 Å². The number of nitrogens with two attached hydrogens (primary N) is 2. The van der Waals surface area contributed by atoms with Crippen LogP contribution in [0.15, 0.2) is 0 Å². The third kappa shape index (κ3) is 4.68. The fraction of sp³-hybridized carbons (Fsp3) is 0.727. The predicted octanol–water partition coefficient (Wildman–Crippen LogP) is 0.269.